The van der Waals surface area contributed by atoms with Crippen molar-refractivity contribution in [3.63, 3.8) is 0 Å². The van der Waals surface area contributed by atoms with E-state index in [4.69, 9.17) is 5.73 Å². The van der Waals surface area contributed by atoms with E-state index in [1.807, 2.05) is 0 Å². The molecule has 2 unspecified atom stereocenters. The van der Waals surface area contributed by atoms with Gasteiger partial charge in [0.2, 0.25) is 0 Å². The first kappa shape index (κ1) is 15.0. The molecule has 116 valence electrons. The molecule has 2 heterocycles. The van der Waals surface area contributed by atoms with Crippen LogP contribution in [-0.4, -0.2) is 48.6 Å². The van der Waals surface area contributed by atoms with Crippen molar-refractivity contribution in [2.75, 3.05) is 32.7 Å². The maximum atomic E-state index is 6.16. The summed E-state index contributed by atoms with van der Waals surface area (Å²) in [6.45, 7) is 9.97. The molecule has 0 aliphatic carbocycles. The molecule has 2 aliphatic rings. The first-order valence-electron chi connectivity index (χ1n) is 8.44. The Balaban J connectivity index is 1.77. The summed E-state index contributed by atoms with van der Waals surface area (Å²) < 4.78 is 0. The number of nitrogens with zero attached hydrogens (tertiary/aromatic N) is 2. The van der Waals surface area contributed by atoms with Gasteiger partial charge in [0.1, 0.15) is 0 Å². The van der Waals surface area contributed by atoms with Crippen LogP contribution in [0.1, 0.15) is 42.0 Å². The Morgan fingerprint density at radius 1 is 1.19 bits per heavy atom. The third-order valence-electron chi connectivity index (χ3n) is 5.32. The molecule has 0 saturated carbocycles. The molecule has 21 heavy (non-hydrogen) atoms. The number of piperazine rings is 1. The van der Waals surface area contributed by atoms with Crippen LogP contribution in [0.2, 0.25) is 0 Å². The predicted molar refractivity (Wildman–Crippen MR) is 88.5 cm³/mol. The van der Waals surface area contributed by atoms with E-state index < -0.39 is 0 Å². The Kier molecular flexibility index (Phi) is 4.63. The van der Waals surface area contributed by atoms with E-state index in [1.54, 1.807) is 0 Å². The van der Waals surface area contributed by atoms with Crippen LogP contribution in [0.4, 0.5) is 0 Å². The van der Waals surface area contributed by atoms with E-state index in [2.05, 4.69) is 41.8 Å². The first-order valence-corrected chi connectivity index (χ1v) is 8.44. The average molecular weight is 287 g/mol. The van der Waals surface area contributed by atoms with Crippen molar-refractivity contribution in [3.8, 4) is 0 Å². The normalized spacial score (nSPS) is 25.6. The summed E-state index contributed by atoms with van der Waals surface area (Å²) in [5, 5.41) is 0. The van der Waals surface area contributed by atoms with Crippen LogP contribution >= 0.6 is 0 Å². The fourth-order valence-electron chi connectivity index (χ4n) is 4.14. The summed E-state index contributed by atoms with van der Waals surface area (Å²) >= 11 is 0. The van der Waals surface area contributed by atoms with Gasteiger partial charge in [-0.3, -0.25) is 9.80 Å². The van der Waals surface area contributed by atoms with Gasteiger partial charge in [0, 0.05) is 38.3 Å². The average Bonchev–Trinajstić information content (AvgIpc) is 2.50. The lowest BCUT2D eigenvalue weighted by Crippen LogP contribution is -2.56. The number of aryl methyl sites for hydroxylation is 2. The van der Waals surface area contributed by atoms with Crippen LogP contribution in [0.3, 0.4) is 0 Å². The minimum atomic E-state index is 0.384. The van der Waals surface area contributed by atoms with Gasteiger partial charge in [0.25, 0.3) is 0 Å². The van der Waals surface area contributed by atoms with Gasteiger partial charge in [-0.1, -0.05) is 30.2 Å². The molecule has 0 spiro atoms. The molecular formula is C18H29N3. The molecule has 0 aromatic heterocycles. The number of hydrogen-bond donors (Lipinski definition) is 1. The Morgan fingerprint density at radius 2 is 2.05 bits per heavy atom. The van der Waals surface area contributed by atoms with E-state index >= 15 is 0 Å². The molecule has 3 rings (SSSR count). The van der Waals surface area contributed by atoms with Crippen molar-refractivity contribution in [1.82, 2.24) is 9.80 Å². The van der Waals surface area contributed by atoms with E-state index in [-0.39, 0.29) is 0 Å². The van der Waals surface area contributed by atoms with Crippen LogP contribution in [0.25, 0.3) is 0 Å². The lowest BCUT2D eigenvalue weighted by molar-refractivity contribution is 0.0285. The highest BCUT2D eigenvalue weighted by Gasteiger charge is 2.32. The number of rotatable bonds is 3. The monoisotopic (exact) mass is 287 g/mol. The maximum absolute atomic E-state index is 6.16. The number of nitrogens with two attached hydrogens (primary N) is 1. The van der Waals surface area contributed by atoms with Crippen LogP contribution in [0.5, 0.6) is 0 Å². The molecule has 1 aromatic rings. The molecule has 0 bridgehead atoms. The highest BCUT2D eigenvalue weighted by Crippen LogP contribution is 2.29. The van der Waals surface area contributed by atoms with Gasteiger partial charge in [0.15, 0.2) is 0 Å². The summed E-state index contributed by atoms with van der Waals surface area (Å²) in [5.41, 5.74) is 10.3. The molecule has 1 aromatic carbocycles. The SMILES string of the molecule is Cc1ccc(C(CN)N2CCN3CCCCC3C2)c(C)c1. The van der Waals surface area contributed by atoms with Gasteiger partial charge in [-0.2, -0.15) is 0 Å². The summed E-state index contributed by atoms with van der Waals surface area (Å²) in [5.74, 6) is 0. The molecular weight excluding hydrogens is 258 g/mol. The molecule has 2 saturated heterocycles. The third kappa shape index (κ3) is 3.15. The topological polar surface area (TPSA) is 32.5 Å². The molecule has 3 nitrogen and oxygen atoms in total. The van der Waals surface area contributed by atoms with Crippen molar-refractivity contribution in [3.05, 3.63) is 34.9 Å². The lowest BCUT2D eigenvalue weighted by atomic mass is 9.94. The molecule has 0 radical (unpaired) electrons. The van der Waals surface area contributed by atoms with Crippen molar-refractivity contribution < 1.29 is 0 Å². The van der Waals surface area contributed by atoms with Crippen molar-refractivity contribution in [2.24, 2.45) is 5.73 Å². The zero-order valence-electron chi connectivity index (χ0n) is 13.5. The molecule has 2 N–H and O–H groups in total. The summed E-state index contributed by atoms with van der Waals surface area (Å²) in [6, 6.07) is 7.94. The zero-order valence-corrected chi connectivity index (χ0v) is 13.5. The van der Waals surface area contributed by atoms with E-state index in [9.17, 15) is 0 Å². The van der Waals surface area contributed by atoms with Crippen molar-refractivity contribution in [2.45, 2.75) is 45.2 Å². The van der Waals surface area contributed by atoms with Gasteiger partial charge in [-0.15, -0.1) is 0 Å². The number of benzene rings is 1. The second-order valence-electron chi connectivity index (χ2n) is 6.79. The Bertz CT molecular complexity index is 485. The van der Waals surface area contributed by atoms with Crippen LogP contribution in [0, 0.1) is 13.8 Å². The highest BCUT2D eigenvalue weighted by atomic mass is 15.3. The third-order valence-corrected chi connectivity index (χ3v) is 5.32. The van der Waals surface area contributed by atoms with E-state index in [0.29, 0.717) is 6.04 Å². The smallest absolute Gasteiger partial charge is 0.0474 e. The predicted octanol–water partition coefficient (Wildman–Crippen LogP) is 2.47. The highest BCUT2D eigenvalue weighted by molar-refractivity contribution is 5.33. The largest absolute Gasteiger partial charge is 0.329 e. The number of fused-ring (bicyclic) bond motifs is 1. The van der Waals surface area contributed by atoms with Crippen molar-refractivity contribution in [1.29, 1.82) is 0 Å². The van der Waals surface area contributed by atoms with Crippen LogP contribution in [0.15, 0.2) is 18.2 Å². The molecule has 2 atom stereocenters. The first-order chi connectivity index (χ1) is 10.2. The van der Waals surface area contributed by atoms with Crippen LogP contribution < -0.4 is 5.73 Å². The van der Waals surface area contributed by atoms with Gasteiger partial charge in [-0.05, 0) is 44.4 Å². The van der Waals surface area contributed by atoms with Crippen molar-refractivity contribution >= 4 is 0 Å². The second kappa shape index (κ2) is 6.47. The van der Waals surface area contributed by atoms with Crippen LogP contribution in [-0.2, 0) is 0 Å². The fourth-order valence-corrected chi connectivity index (χ4v) is 4.14. The molecule has 0 amide bonds. The second-order valence-corrected chi connectivity index (χ2v) is 6.79. The quantitative estimate of drug-likeness (QED) is 0.927. The molecule has 2 aliphatic heterocycles. The standard InChI is InChI=1S/C18H29N3/c1-14-6-7-17(15(2)11-14)18(12-19)21-10-9-20-8-4-3-5-16(20)13-21/h6-7,11,16,18H,3-5,8-10,12-13,19H2,1-2H3. The number of piperidine rings is 1. The fraction of sp³-hybridized carbons (Fsp3) is 0.667. The Morgan fingerprint density at radius 3 is 2.81 bits per heavy atom. The molecule has 3 heteroatoms. The Labute approximate surface area is 129 Å². The molecule has 2 fully saturated rings. The summed E-state index contributed by atoms with van der Waals surface area (Å²) in [6.07, 6.45) is 4.14. The number of hydrogen-bond acceptors (Lipinski definition) is 3. The maximum Gasteiger partial charge on any atom is 0.0474 e. The van der Waals surface area contributed by atoms with E-state index in [0.717, 1.165) is 19.1 Å². The minimum absolute atomic E-state index is 0.384. The van der Waals surface area contributed by atoms with Gasteiger partial charge >= 0.3 is 0 Å². The zero-order chi connectivity index (χ0) is 14.8. The summed E-state index contributed by atoms with van der Waals surface area (Å²) in [4.78, 5) is 5.32. The minimum Gasteiger partial charge on any atom is -0.329 e. The van der Waals surface area contributed by atoms with Gasteiger partial charge in [-0.25, -0.2) is 0 Å². The van der Waals surface area contributed by atoms with Gasteiger partial charge < -0.3 is 5.73 Å². The Hall–Kier alpha value is -0.900. The van der Waals surface area contributed by atoms with E-state index in [1.165, 1.54) is 55.6 Å². The lowest BCUT2D eigenvalue weighted by Gasteiger charge is -2.46. The summed E-state index contributed by atoms with van der Waals surface area (Å²) in [7, 11) is 0. The van der Waals surface area contributed by atoms with Gasteiger partial charge in [0.05, 0.1) is 0 Å².